The van der Waals surface area contributed by atoms with Gasteiger partial charge in [0.2, 0.25) is 15.9 Å². The number of benzene rings is 1. The van der Waals surface area contributed by atoms with Crippen molar-refractivity contribution in [2.24, 2.45) is 0 Å². The molecule has 1 unspecified atom stereocenters. The predicted molar refractivity (Wildman–Crippen MR) is 83.1 cm³/mol. The number of carbonyl (C=O) groups excluding carboxylic acids is 1. The van der Waals surface area contributed by atoms with Gasteiger partial charge in [-0.25, -0.2) is 13.1 Å². The molecule has 0 radical (unpaired) electrons. The van der Waals surface area contributed by atoms with E-state index in [1.54, 1.807) is 24.1 Å². The first-order valence-corrected chi connectivity index (χ1v) is 8.73. The third-order valence-corrected chi connectivity index (χ3v) is 5.14. The fraction of sp³-hybridized carbons (Fsp3) is 0.533. The summed E-state index contributed by atoms with van der Waals surface area (Å²) in [5.41, 5.74) is 1.09. The molecular weight excluding hydrogens is 304 g/mol. The standard InChI is InChI=1S/C15H22N2O4S/c1-11(2)12-4-6-14(7-5-12)22(19,20)16-8-13-9-17(3)15(18)10-21-13/h4-7,11,13,16H,8-10H2,1-3H3. The predicted octanol–water partition coefficient (Wildman–Crippen LogP) is 0.946. The number of morpholine rings is 1. The van der Waals surface area contributed by atoms with Gasteiger partial charge in [-0.1, -0.05) is 26.0 Å². The van der Waals surface area contributed by atoms with Gasteiger partial charge in [-0.05, 0) is 23.6 Å². The molecule has 1 aliphatic rings. The summed E-state index contributed by atoms with van der Waals surface area (Å²) in [5.74, 6) is 0.261. The number of nitrogens with one attached hydrogen (secondary N) is 1. The molecule has 1 aromatic carbocycles. The summed E-state index contributed by atoms with van der Waals surface area (Å²) in [6.45, 7) is 4.63. The van der Waals surface area contributed by atoms with Crippen LogP contribution in [0.25, 0.3) is 0 Å². The molecule has 0 aliphatic carbocycles. The van der Waals surface area contributed by atoms with E-state index in [0.29, 0.717) is 12.5 Å². The molecule has 122 valence electrons. The number of ether oxygens (including phenoxy) is 1. The highest BCUT2D eigenvalue weighted by molar-refractivity contribution is 7.89. The molecule has 2 rings (SSSR count). The van der Waals surface area contributed by atoms with Gasteiger partial charge in [0.15, 0.2) is 0 Å². The van der Waals surface area contributed by atoms with Crippen LogP contribution in [0.2, 0.25) is 0 Å². The SMILES string of the molecule is CC(C)c1ccc(S(=O)(=O)NCC2CN(C)C(=O)CO2)cc1. The number of hydrogen-bond donors (Lipinski definition) is 1. The highest BCUT2D eigenvalue weighted by Gasteiger charge is 2.25. The zero-order valence-corrected chi connectivity index (χ0v) is 13.9. The fourth-order valence-electron chi connectivity index (χ4n) is 2.20. The molecule has 1 atom stereocenters. The van der Waals surface area contributed by atoms with Crippen molar-refractivity contribution < 1.29 is 17.9 Å². The van der Waals surface area contributed by atoms with Crippen LogP contribution in [0.15, 0.2) is 29.2 Å². The summed E-state index contributed by atoms with van der Waals surface area (Å²) in [5, 5.41) is 0. The maximum Gasteiger partial charge on any atom is 0.248 e. The highest BCUT2D eigenvalue weighted by atomic mass is 32.2. The molecule has 1 fully saturated rings. The van der Waals surface area contributed by atoms with Gasteiger partial charge < -0.3 is 9.64 Å². The van der Waals surface area contributed by atoms with E-state index in [9.17, 15) is 13.2 Å². The fourth-order valence-corrected chi connectivity index (χ4v) is 3.27. The Bertz CT molecular complexity index is 625. The van der Waals surface area contributed by atoms with E-state index < -0.39 is 10.0 Å². The van der Waals surface area contributed by atoms with Crippen molar-refractivity contribution in [3.63, 3.8) is 0 Å². The molecule has 6 nitrogen and oxygen atoms in total. The first-order chi connectivity index (χ1) is 10.3. The van der Waals surface area contributed by atoms with Crippen molar-refractivity contribution >= 4 is 15.9 Å². The largest absolute Gasteiger partial charge is 0.365 e. The first kappa shape index (κ1) is 16.9. The number of hydrogen-bond acceptors (Lipinski definition) is 4. The van der Waals surface area contributed by atoms with Crippen LogP contribution in [0, 0.1) is 0 Å². The average molecular weight is 326 g/mol. The highest BCUT2D eigenvalue weighted by Crippen LogP contribution is 2.17. The van der Waals surface area contributed by atoms with Gasteiger partial charge in [0.05, 0.1) is 11.0 Å². The summed E-state index contributed by atoms with van der Waals surface area (Å²) < 4.78 is 32.4. The number of rotatable bonds is 5. The second kappa shape index (κ2) is 6.76. The third-order valence-electron chi connectivity index (χ3n) is 3.70. The van der Waals surface area contributed by atoms with Crippen LogP contribution in [0.4, 0.5) is 0 Å². The van der Waals surface area contributed by atoms with Gasteiger partial charge in [-0.15, -0.1) is 0 Å². The van der Waals surface area contributed by atoms with Gasteiger partial charge >= 0.3 is 0 Å². The normalized spacial score (nSPS) is 19.7. The van der Waals surface area contributed by atoms with Crippen LogP contribution in [0.3, 0.4) is 0 Å². The summed E-state index contributed by atoms with van der Waals surface area (Å²) >= 11 is 0. The zero-order chi connectivity index (χ0) is 16.3. The molecule has 0 aromatic heterocycles. The Balaban J connectivity index is 1.97. The van der Waals surface area contributed by atoms with Crippen molar-refractivity contribution in [2.45, 2.75) is 30.8 Å². The Hall–Kier alpha value is -1.44. The molecule has 1 aliphatic heterocycles. The average Bonchev–Trinajstić information content (AvgIpc) is 2.48. The lowest BCUT2D eigenvalue weighted by atomic mass is 10.0. The molecular formula is C15H22N2O4S. The van der Waals surface area contributed by atoms with Crippen molar-refractivity contribution in [1.29, 1.82) is 0 Å². The van der Waals surface area contributed by atoms with E-state index >= 15 is 0 Å². The summed E-state index contributed by atoms with van der Waals surface area (Å²) in [6.07, 6.45) is -0.326. The molecule has 1 amide bonds. The van der Waals surface area contributed by atoms with E-state index in [2.05, 4.69) is 18.6 Å². The molecule has 1 N–H and O–H groups in total. The quantitative estimate of drug-likeness (QED) is 0.874. The smallest absolute Gasteiger partial charge is 0.248 e. The van der Waals surface area contributed by atoms with Gasteiger partial charge in [0.25, 0.3) is 0 Å². The Morgan fingerprint density at radius 3 is 2.50 bits per heavy atom. The van der Waals surface area contributed by atoms with Gasteiger partial charge in [-0.3, -0.25) is 4.79 Å². The van der Waals surface area contributed by atoms with E-state index in [1.165, 1.54) is 0 Å². The van der Waals surface area contributed by atoms with Crippen molar-refractivity contribution in [3.05, 3.63) is 29.8 Å². The molecule has 1 saturated heterocycles. The second-order valence-corrected chi connectivity index (χ2v) is 7.55. The van der Waals surface area contributed by atoms with E-state index in [1.807, 2.05) is 12.1 Å². The van der Waals surface area contributed by atoms with Crippen LogP contribution in [0.5, 0.6) is 0 Å². The van der Waals surface area contributed by atoms with Gasteiger partial charge in [0.1, 0.15) is 6.61 Å². The summed E-state index contributed by atoms with van der Waals surface area (Å²) in [7, 11) is -1.89. The van der Waals surface area contributed by atoms with Gasteiger partial charge in [0, 0.05) is 20.1 Å². The van der Waals surface area contributed by atoms with Crippen molar-refractivity contribution in [3.8, 4) is 0 Å². The molecule has 1 aromatic rings. The van der Waals surface area contributed by atoms with Crippen LogP contribution in [-0.4, -0.2) is 52.1 Å². The molecule has 0 bridgehead atoms. The minimum Gasteiger partial charge on any atom is -0.365 e. The van der Waals surface area contributed by atoms with Crippen LogP contribution in [0.1, 0.15) is 25.3 Å². The van der Waals surface area contributed by atoms with Crippen LogP contribution in [-0.2, 0) is 19.6 Å². The number of nitrogens with zero attached hydrogens (tertiary/aromatic N) is 1. The lowest BCUT2D eigenvalue weighted by molar-refractivity contribution is -0.146. The third kappa shape index (κ3) is 4.06. The lowest BCUT2D eigenvalue weighted by Crippen LogP contribution is -2.48. The number of carbonyl (C=O) groups is 1. The topological polar surface area (TPSA) is 75.7 Å². The van der Waals surface area contributed by atoms with Crippen molar-refractivity contribution in [2.75, 3.05) is 26.7 Å². The number of sulfonamides is 1. The van der Waals surface area contributed by atoms with E-state index in [4.69, 9.17) is 4.74 Å². The Morgan fingerprint density at radius 1 is 1.32 bits per heavy atom. The monoisotopic (exact) mass is 326 g/mol. The summed E-state index contributed by atoms with van der Waals surface area (Å²) in [4.78, 5) is 13.1. The maximum atomic E-state index is 12.3. The zero-order valence-electron chi connectivity index (χ0n) is 13.1. The van der Waals surface area contributed by atoms with Gasteiger partial charge in [-0.2, -0.15) is 0 Å². The summed E-state index contributed by atoms with van der Waals surface area (Å²) in [6, 6.07) is 6.86. The Morgan fingerprint density at radius 2 is 1.95 bits per heavy atom. The molecule has 0 saturated carbocycles. The van der Waals surface area contributed by atoms with E-state index in [0.717, 1.165) is 5.56 Å². The minimum absolute atomic E-state index is 0.00796. The maximum absolute atomic E-state index is 12.3. The van der Waals surface area contributed by atoms with E-state index in [-0.39, 0.29) is 30.1 Å². The Labute approximate surface area is 131 Å². The second-order valence-electron chi connectivity index (χ2n) is 5.78. The molecule has 22 heavy (non-hydrogen) atoms. The van der Waals surface area contributed by atoms with Crippen LogP contribution >= 0.6 is 0 Å². The Kier molecular flexibility index (Phi) is 5.20. The number of amides is 1. The van der Waals surface area contributed by atoms with Crippen LogP contribution < -0.4 is 4.72 Å². The van der Waals surface area contributed by atoms with Crippen molar-refractivity contribution in [1.82, 2.24) is 9.62 Å². The number of likely N-dealkylation sites (N-methyl/N-ethyl adjacent to an activating group) is 1. The first-order valence-electron chi connectivity index (χ1n) is 7.25. The minimum atomic E-state index is -3.57. The molecule has 1 heterocycles. The molecule has 7 heteroatoms. The lowest BCUT2D eigenvalue weighted by Gasteiger charge is -2.29. The molecule has 0 spiro atoms.